The molecule has 1 aromatic heterocycles. The van der Waals surface area contributed by atoms with Crippen LogP contribution in [0.2, 0.25) is 5.15 Å². The van der Waals surface area contributed by atoms with Crippen LogP contribution in [0.3, 0.4) is 0 Å². The van der Waals surface area contributed by atoms with Gasteiger partial charge in [-0.25, -0.2) is 4.98 Å². The summed E-state index contributed by atoms with van der Waals surface area (Å²) >= 11 is 8.75. The van der Waals surface area contributed by atoms with Gasteiger partial charge in [0.05, 0.1) is 12.5 Å². The van der Waals surface area contributed by atoms with Gasteiger partial charge in [-0.2, -0.15) is 0 Å². The highest BCUT2D eigenvalue weighted by Crippen LogP contribution is 2.26. The quantitative estimate of drug-likeness (QED) is 0.831. The summed E-state index contributed by atoms with van der Waals surface area (Å²) in [5.74, 6) is -1.07. The first-order chi connectivity index (χ1) is 6.50. The summed E-state index contributed by atoms with van der Waals surface area (Å²) in [5.41, 5.74) is 0.424. The van der Waals surface area contributed by atoms with E-state index in [0.717, 1.165) is 0 Å². The van der Waals surface area contributed by atoms with E-state index in [1.165, 1.54) is 12.3 Å². The molecule has 6 heteroatoms. The number of hydrogen-bond donors (Lipinski definition) is 2. The Hall–Kier alpha value is -0.650. The second-order valence-corrected chi connectivity index (χ2v) is 3.88. The predicted molar refractivity (Wildman–Crippen MR) is 54.2 cm³/mol. The van der Waals surface area contributed by atoms with Crippen LogP contribution in [-0.4, -0.2) is 21.2 Å². The van der Waals surface area contributed by atoms with E-state index in [4.69, 9.17) is 16.7 Å². The maximum absolute atomic E-state index is 10.4. The molecular formula is C8H7BrClNO3. The molecule has 0 aliphatic carbocycles. The Balaban J connectivity index is 2.93. The van der Waals surface area contributed by atoms with E-state index in [9.17, 15) is 9.90 Å². The molecule has 0 bridgehead atoms. The predicted octanol–water partition coefficient (Wildman–Crippen LogP) is 2.01. The van der Waals surface area contributed by atoms with Gasteiger partial charge in [0.2, 0.25) is 0 Å². The average Bonchev–Trinajstić information content (AvgIpc) is 2.08. The van der Waals surface area contributed by atoms with E-state index in [0.29, 0.717) is 10.0 Å². The number of halogens is 2. The molecule has 0 unspecified atom stereocenters. The third-order valence-electron chi connectivity index (χ3n) is 1.58. The number of pyridine rings is 1. The number of hydrogen-bond acceptors (Lipinski definition) is 3. The van der Waals surface area contributed by atoms with Gasteiger partial charge in [-0.05, 0) is 27.6 Å². The molecule has 0 aromatic carbocycles. The van der Waals surface area contributed by atoms with Crippen molar-refractivity contribution < 1.29 is 15.0 Å². The highest BCUT2D eigenvalue weighted by atomic mass is 79.9. The molecule has 0 fully saturated rings. The van der Waals surface area contributed by atoms with Crippen LogP contribution in [0, 0.1) is 0 Å². The molecule has 0 spiro atoms. The molecule has 0 saturated carbocycles. The van der Waals surface area contributed by atoms with Crippen LogP contribution in [0.1, 0.15) is 18.1 Å². The number of aromatic nitrogens is 1. The molecule has 0 aliphatic rings. The molecule has 0 aliphatic heterocycles. The molecule has 1 aromatic rings. The molecule has 0 saturated heterocycles. The first kappa shape index (κ1) is 11.4. The molecule has 0 amide bonds. The van der Waals surface area contributed by atoms with E-state index in [-0.39, 0.29) is 11.6 Å². The van der Waals surface area contributed by atoms with Gasteiger partial charge >= 0.3 is 5.97 Å². The molecule has 4 nitrogen and oxygen atoms in total. The Bertz CT molecular complexity index is 358. The number of carbonyl (C=O) groups is 1. The number of aliphatic hydroxyl groups is 1. The van der Waals surface area contributed by atoms with E-state index < -0.39 is 12.1 Å². The standard InChI is InChI=1S/C8H7BrClNO3/c9-5-3-11-7(10)1-4(5)6(12)2-8(13)14/h1,3,6,12H,2H2,(H,13,14)/t6-/m1/s1. The fraction of sp³-hybridized carbons (Fsp3) is 0.250. The normalized spacial score (nSPS) is 12.5. The third kappa shape index (κ3) is 2.94. The Labute approximate surface area is 93.7 Å². The minimum atomic E-state index is -1.08. The zero-order valence-electron chi connectivity index (χ0n) is 6.94. The maximum Gasteiger partial charge on any atom is 0.306 e. The van der Waals surface area contributed by atoms with Crippen molar-refractivity contribution in [2.24, 2.45) is 0 Å². The summed E-state index contributed by atoms with van der Waals surface area (Å²) in [6.45, 7) is 0. The molecular weight excluding hydrogens is 273 g/mol. The highest BCUT2D eigenvalue weighted by Gasteiger charge is 2.15. The summed E-state index contributed by atoms with van der Waals surface area (Å²) in [5, 5.41) is 18.2. The van der Waals surface area contributed by atoms with E-state index in [2.05, 4.69) is 20.9 Å². The van der Waals surface area contributed by atoms with Crippen molar-refractivity contribution in [3.63, 3.8) is 0 Å². The SMILES string of the molecule is O=C(O)C[C@@H](O)c1cc(Cl)ncc1Br. The minimum Gasteiger partial charge on any atom is -0.481 e. The monoisotopic (exact) mass is 279 g/mol. The van der Waals surface area contributed by atoms with Crippen LogP contribution in [0.5, 0.6) is 0 Å². The lowest BCUT2D eigenvalue weighted by molar-refractivity contribution is -0.139. The van der Waals surface area contributed by atoms with Crippen molar-refractivity contribution in [3.8, 4) is 0 Å². The lowest BCUT2D eigenvalue weighted by atomic mass is 10.1. The van der Waals surface area contributed by atoms with Crippen LogP contribution < -0.4 is 0 Å². The number of aliphatic hydroxyl groups excluding tert-OH is 1. The van der Waals surface area contributed by atoms with Gasteiger partial charge in [0.1, 0.15) is 5.15 Å². The number of nitrogens with zero attached hydrogens (tertiary/aromatic N) is 1. The fourth-order valence-corrected chi connectivity index (χ4v) is 1.61. The third-order valence-corrected chi connectivity index (χ3v) is 2.45. The largest absolute Gasteiger partial charge is 0.481 e. The summed E-state index contributed by atoms with van der Waals surface area (Å²) in [6.07, 6.45) is -0.0239. The van der Waals surface area contributed by atoms with Crippen LogP contribution in [0.25, 0.3) is 0 Å². The van der Waals surface area contributed by atoms with Crippen LogP contribution in [0.15, 0.2) is 16.7 Å². The molecule has 14 heavy (non-hydrogen) atoms. The fourth-order valence-electron chi connectivity index (χ4n) is 0.958. The van der Waals surface area contributed by atoms with Gasteiger partial charge in [-0.3, -0.25) is 4.79 Å². The Morgan fingerprint density at radius 1 is 1.71 bits per heavy atom. The van der Waals surface area contributed by atoms with Crippen LogP contribution >= 0.6 is 27.5 Å². The zero-order valence-corrected chi connectivity index (χ0v) is 9.29. The lowest BCUT2D eigenvalue weighted by Gasteiger charge is -2.10. The number of rotatable bonds is 3. The summed E-state index contributed by atoms with van der Waals surface area (Å²) in [6, 6.07) is 1.43. The lowest BCUT2D eigenvalue weighted by Crippen LogP contribution is -2.06. The summed E-state index contributed by atoms with van der Waals surface area (Å²) in [7, 11) is 0. The smallest absolute Gasteiger partial charge is 0.306 e. The second-order valence-electron chi connectivity index (χ2n) is 2.64. The Morgan fingerprint density at radius 3 is 2.93 bits per heavy atom. The average molecular weight is 281 g/mol. The van der Waals surface area contributed by atoms with Gasteiger partial charge in [0.15, 0.2) is 0 Å². The second kappa shape index (κ2) is 4.72. The first-order valence-corrected chi connectivity index (χ1v) is 4.88. The molecule has 76 valence electrons. The summed E-state index contributed by atoms with van der Waals surface area (Å²) < 4.78 is 0.538. The van der Waals surface area contributed by atoms with Crippen LogP contribution in [-0.2, 0) is 4.79 Å². The van der Waals surface area contributed by atoms with Crippen LogP contribution in [0.4, 0.5) is 0 Å². The summed E-state index contributed by atoms with van der Waals surface area (Å²) in [4.78, 5) is 14.1. The topological polar surface area (TPSA) is 70.4 Å². The van der Waals surface area contributed by atoms with Gasteiger partial charge in [-0.1, -0.05) is 11.6 Å². The van der Waals surface area contributed by atoms with Crippen molar-refractivity contribution in [1.29, 1.82) is 0 Å². The van der Waals surface area contributed by atoms with Gasteiger partial charge < -0.3 is 10.2 Å². The van der Waals surface area contributed by atoms with Gasteiger partial charge in [0, 0.05) is 10.7 Å². The zero-order chi connectivity index (χ0) is 10.7. The van der Waals surface area contributed by atoms with Crippen molar-refractivity contribution in [2.75, 3.05) is 0 Å². The van der Waals surface area contributed by atoms with Crippen molar-refractivity contribution >= 4 is 33.5 Å². The van der Waals surface area contributed by atoms with E-state index >= 15 is 0 Å². The van der Waals surface area contributed by atoms with Crippen molar-refractivity contribution in [1.82, 2.24) is 4.98 Å². The Morgan fingerprint density at radius 2 is 2.36 bits per heavy atom. The number of carboxylic acids is 1. The molecule has 2 N–H and O–H groups in total. The van der Waals surface area contributed by atoms with E-state index in [1.807, 2.05) is 0 Å². The highest BCUT2D eigenvalue weighted by molar-refractivity contribution is 9.10. The first-order valence-electron chi connectivity index (χ1n) is 3.71. The van der Waals surface area contributed by atoms with E-state index in [1.54, 1.807) is 0 Å². The number of carboxylic acid groups (broad SMARTS) is 1. The van der Waals surface area contributed by atoms with Gasteiger partial charge in [0.25, 0.3) is 0 Å². The molecule has 1 atom stereocenters. The molecule has 1 rings (SSSR count). The van der Waals surface area contributed by atoms with Crippen molar-refractivity contribution in [3.05, 3.63) is 27.5 Å². The number of aliphatic carboxylic acids is 1. The molecule has 0 radical (unpaired) electrons. The maximum atomic E-state index is 10.4. The molecule has 1 heterocycles. The van der Waals surface area contributed by atoms with Crippen molar-refractivity contribution in [2.45, 2.75) is 12.5 Å². The Kier molecular flexibility index (Phi) is 3.86. The van der Waals surface area contributed by atoms with Gasteiger partial charge in [-0.15, -0.1) is 0 Å². The minimum absolute atomic E-state index is 0.215.